The smallest absolute Gasteiger partial charge is 0.0114 e. The predicted molar refractivity (Wildman–Crippen MR) is 84.4 cm³/mol. The third kappa shape index (κ3) is 1.91. The molecule has 4 rings (SSSR count). The molecule has 2 saturated carbocycles. The Morgan fingerprint density at radius 2 is 1.00 bits per heavy atom. The van der Waals surface area contributed by atoms with E-state index >= 15 is 0 Å². The first kappa shape index (κ1) is 12.0. The van der Waals surface area contributed by atoms with Crippen LogP contribution in [0.2, 0.25) is 0 Å². The van der Waals surface area contributed by atoms with Gasteiger partial charge >= 0.3 is 0 Å². The fraction of sp³-hybridized carbons (Fsp3) is 0.300. The van der Waals surface area contributed by atoms with Crippen LogP contribution in [0.1, 0.15) is 36.8 Å². The van der Waals surface area contributed by atoms with Gasteiger partial charge in [-0.1, -0.05) is 66.2 Å². The summed E-state index contributed by atoms with van der Waals surface area (Å²) in [4.78, 5) is 0. The molecule has 0 aromatic heterocycles. The lowest BCUT2D eigenvalue weighted by molar-refractivity contribution is 0.480. The Morgan fingerprint density at radius 1 is 0.600 bits per heavy atom. The lowest BCUT2D eigenvalue weighted by atomic mass is 9.88. The molecule has 2 aliphatic carbocycles. The van der Waals surface area contributed by atoms with E-state index in [0.29, 0.717) is 0 Å². The van der Waals surface area contributed by atoms with Crippen molar-refractivity contribution in [3.8, 4) is 0 Å². The zero-order valence-electron chi connectivity index (χ0n) is 11.8. The molecule has 0 unspecified atom stereocenters. The molecule has 100 valence electrons. The van der Waals surface area contributed by atoms with Crippen LogP contribution >= 0.6 is 0 Å². The number of benzene rings is 2. The third-order valence-corrected chi connectivity index (χ3v) is 5.02. The predicted octanol–water partition coefficient (Wildman–Crippen LogP) is 5.31. The Bertz CT molecular complexity index is 558. The Morgan fingerprint density at radius 3 is 1.40 bits per heavy atom. The van der Waals surface area contributed by atoms with E-state index in [-0.39, 0.29) is 0 Å². The van der Waals surface area contributed by atoms with Crippen molar-refractivity contribution in [1.82, 2.24) is 0 Å². The zero-order valence-corrected chi connectivity index (χ0v) is 11.8. The zero-order chi connectivity index (χ0) is 13.4. The van der Waals surface area contributed by atoms with Crippen molar-refractivity contribution in [2.45, 2.75) is 25.7 Å². The SMILES string of the molecule is c1ccc(C(=C2C3CCC2CC3)c2ccccc2)cc1. The van der Waals surface area contributed by atoms with Crippen molar-refractivity contribution < 1.29 is 0 Å². The molecule has 0 saturated heterocycles. The molecule has 0 atom stereocenters. The molecule has 2 aromatic carbocycles. The number of rotatable bonds is 2. The van der Waals surface area contributed by atoms with Crippen molar-refractivity contribution in [3.05, 3.63) is 77.4 Å². The van der Waals surface area contributed by atoms with Crippen LogP contribution in [0.4, 0.5) is 0 Å². The van der Waals surface area contributed by atoms with Gasteiger partial charge in [0, 0.05) is 0 Å². The normalized spacial score (nSPS) is 24.1. The van der Waals surface area contributed by atoms with Gasteiger partial charge in [0.25, 0.3) is 0 Å². The highest BCUT2D eigenvalue weighted by atomic mass is 14.4. The average Bonchev–Trinajstić information content (AvgIpc) is 3.10. The second-order valence-corrected chi connectivity index (χ2v) is 6.11. The first-order valence-electron chi connectivity index (χ1n) is 7.78. The van der Waals surface area contributed by atoms with Crippen LogP contribution < -0.4 is 0 Å². The molecule has 0 spiro atoms. The summed E-state index contributed by atoms with van der Waals surface area (Å²) < 4.78 is 0. The molecule has 2 bridgehead atoms. The van der Waals surface area contributed by atoms with E-state index in [2.05, 4.69) is 60.7 Å². The molecular formula is C20H20. The monoisotopic (exact) mass is 260 g/mol. The van der Waals surface area contributed by atoms with Crippen molar-refractivity contribution >= 4 is 5.57 Å². The highest BCUT2D eigenvalue weighted by molar-refractivity contribution is 5.83. The summed E-state index contributed by atoms with van der Waals surface area (Å²) >= 11 is 0. The standard InChI is InChI=1S/C20H20/c1-3-7-15(8-4-1)19(16-9-5-2-6-10-16)20-17-11-12-18(20)14-13-17/h1-10,17-18H,11-14H2. The molecular weight excluding hydrogens is 240 g/mol. The molecule has 0 heteroatoms. The second kappa shape index (κ2) is 4.94. The van der Waals surface area contributed by atoms with Crippen LogP contribution in [0.15, 0.2) is 66.2 Å². The Kier molecular flexibility index (Phi) is 2.95. The lowest BCUT2D eigenvalue weighted by Gasteiger charge is -2.16. The van der Waals surface area contributed by atoms with Crippen LogP contribution in [-0.4, -0.2) is 0 Å². The van der Waals surface area contributed by atoms with Gasteiger partial charge in [-0.2, -0.15) is 0 Å². The van der Waals surface area contributed by atoms with Gasteiger partial charge in [0.05, 0.1) is 0 Å². The van der Waals surface area contributed by atoms with E-state index in [1.54, 1.807) is 5.57 Å². The van der Waals surface area contributed by atoms with E-state index < -0.39 is 0 Å². The summed E-state index contributed by atoms with van der Waals surface area (Å²) in [5.74, 6) is 1.69. The van der Waals surface area contributed by atoms with Crippen molar-refractivity contribution in [2.75, 3.05) is 0 Å². The van der Waals surface area contributed by atoms with Crippen LogP contribution in [0, 0.1) is 11.8 Å². The van der Waals surface area contributed by atoms with Crippen LogP contribution in [0.5, 0.6) is 0 Å². The van der Waals surface area contributed by atoms with Crippen LogP contribution in [0.25, 0.3) is 5.57 Å². The van der Waals surface area contributed by atoms with Gasteiger partial charge in [0.15, 0.2) is 0 Å². The third-order valence-electron chi connectivity index (χ3n) is 5.02. The van der Waals surface area contributed by atoms with Crippen LogP contribution in [-0.2, 0) is 0 Å². The Balaban J connectivity index is 1.93. The molecule has 0 radical (unpaired) electrons. The maximum Gasteiger partial charge on any atom is -0.0114 e. The number of allylic oxidation sites excluding steroid dienone is 1. The minimum Gasteiger partial charge on any atom is -0.0622 e. The summed E-state index contributed by atoms with van der Waals surface area (Å²) in [6, 6.07) is 22.0. The molecule has 2 aromatic rings. The van der Waals surface area contributed by atoms with Gasteiger partial charge < -0.3 is 0 Å². The topological polar surface area (TPSA) is 0 Å². The van der Waals surface area contributed by atoms with Crippen molar-refractivity contribution in [1.29, 1.82) is 0 Å². The fourth-order valence-electron chi connectivity index (χ4n) is 4.17. The van der Waals surface area contributed by atoms with Crippen molar-refractivity contribution in [3.63, 3.8) is 0 Å². The van der Waals surface area contributed by atoms with Gasteiger partial charge in [-0.15, -0.1) is 0 Å². The summed E-state index contributed by atoms with van der Waals surface area (Å²) in [5, 5.41) is 0. The quantitative estimate of drug-likeness (QED) is 0.686. The molecule has 0 N–H and O–H groups in total. The molecule has 2 aliphatic rings. The van der Waals surface area contributed by atoms with Gasteiger partial charge in [0.1, 0.15) is 0 Å². The molecule has 0 nitrogen and oxygen atoms in total. The number of fused-ring (bicyclic) bond motifs is 2. The summed E-state index contributed by atoms with van der Waals surface area (Å²) in [6.07, 6.45) is 5.62. The molecule has 0 heterocycles. The minimum absolute atomic E-state index is 0.843. The number of hydrogen-bond donors (Lipinski definition) is 0. The maximum absolute atomic E-state index is 2.27. The van der Waals surface area contributed by atoms with Gasteiger partial charge in [-0.25, -0.2) is 0 Å². The van der Waals surface area contributed by atoms with E-state index in [4.69, 9.17) is 0 Å². The summed E-state index contributed by atoms with van der Waals surface area (Å²) in [5.41, 5.74) is 6.07. The Hall–Kier alpha value is -1.82. The molecule has 20 heavy (non-hydrogen) atoms. The molecule has 2 fully saturated rings. The summed E-state index contributed by atoms with van der Waals surface area (Å²) in [6.45, 7) is 0. The first-order chi connectivity index (χ1) is 9.93. The van der Waals surface area contributed by atoms with E-state index in [1.807, 2.05) is 0 Å². The van der Waals surface area contributed by atoms with Gasteiger partial charge in [-0.05, 0) is 54.2 Å². The molecule has 0 aliphatic heterocycles. The highest BCUT2D eigenvalue weighted by Crippen LogP contribution is 2.52. The van der Waals surface area contributed by atoms with E-state index in [9.17, 15) is 0 Å². The lowest BCUT2D eigenvalue weighted by Crippen LogP contribution is -1.99. The maximum atomic E-state index is 2.27. The fourth-order valence-corrected chi connectivity index (χ4v) is 4.17. The first-order valence-corrected chi connectivity index (χ1v) is 7.78. The van der Waals surface area contributed by atoms with Gasteiger partial charge in [-0.3, -0.25) is 0 Å². The van der Waals surface area contributed by atoms with Crippen molar-refractivity contribution in [2.24, 2.45) is 11.8 Å². The number of hydrogen-bond acceptors (Lipinski definition) is 0. The average molecular weight is 260 g/mol. The highest BCUT2D eigenvalue weighted by Gasteiger charge is 2.38. The summed E-state index contributed by atoms with van der Waals surface area (Å²) in [7, 11) is 0. The minimum atomic E-state index is 0.843. The Labute approximate surface area is 121 Å². The second-order valence-electron chi connectivity index (χ2n) is 6.11. The van der Waals surface area contributed by atoms with Crippen LogP contribution in [0.3, 0.4) is 0 Å². The largest absolute Gasteiger partial charge is 0.0622 e. The van der Waals surface area contributed by atoms with E-state index in [0.717, 1.165) is 11.8 Å². The van der Waals surface area contributed by atoms with Gasteiger partial charge in [0.2, 0.25) is 0 Å². The molecule has 0 amide bonds. The van der Waals surface area contributed by atoms with E-state index in [1.165, 1.54) is 42.4 Å².